The van der Waals surface area contributed by atoms with Gasteiger partial charge in [0.25, 0.3) is 5.91 Å². The Morgan fingerprint density at radius 3 is 2.54 bits per heavy atom. The Morgan fingerprint density at radius 2 is 1.88 bits per heavy atom. The molecule has 6 nitrogen and oxygen atoms in total. The minimum Gasteiger partial charge on any atom is -0.497 e. The van der Waals surface area contributed by atoms with E-state index in [1.807, 2.05) is 0 Å². The van der Waals surface area contributed by atoms with Gasteiger partial charge in [-0.25, -0.2) is 9.18 Å². The first-order chi connectivity index (χ1) is 12.4. The second-order valence-corrected chi connectivity index (χ2v) is 5.48. The molecular weight excluding hydrogens is 341 g/mol. The zero-order valence-electron chi connectivity index (χ0n) is 14.7. The highest BCUT2D eigenvalue weighted by Gasteiger charge is 2.17. The molecule has 1 atom stereocenters. The summed E-state index contributed by atoms with van der Waals surface area (Å²) in [6, 6.07) is 9.90. The van der Waals surface area contributed by atoms with Crippen LogP contribution in [-0.4, -0.2) is 32.7 Å². The lowest BCUT2D eigenvalue weighted by Gasteiger charge is -2.18. The molecule has 0 aliphatic carbocycles. The van der Waals surface area contributed by atoms with Crippen LogP contribution in [0.3, 0.4) is 0 Å². The summed E-state index contributed by atoms with van der Waals surface area (Å²) in [5.41, 5.74) is 0.761. The Morgan fingerprint density at radius 1 is 1.12 bits per heavy atom. The highest BCUT2D eigenvalue weighted by molar-refractivity contribution is 5.91. The Labute approximate surface area is 150 Å². The molecule has 0 saturated carbocycles. The van der Waals surface area contributed by atoms with Crippen molar-refractivity contribution in [1.29, 1.82) is 0 Å². The third-order valence-corrected chi connectivity index (χ3v) is 3.68. The van der Waals surface area contributed by atoms with E-state index in [0.29, 0.717) is 11.5 Å². The van der Waals surface area contributed by atoms with Crippen LogP contribution in [0.2, 0.25) is 0 Å². The smallest absolute Gasteiger partial charge is 0.338 e. The molecule has 0 saturated heterocycles. The van der Waals surface area contributed by atoms with E-state index in [1.165, 1.54) is 25.3 Å². The molecule has 0 fully saturated rings. The molecule has 7 heteroatoms. The Kier molecular flexibility index (Phi) is 6.54. The number of nitrogens with one attached hydrogen (secondary N) is 1. The standard InChI is InChI=1S/C19H20FNO5/c1-12(16-10-15(24-2)7-8-17(16)25-3)21-18(22)11-26-19(23)13-5-4-6-14(20)9-13/h4-10,12H,11H2,1-3H3,(H,21,22)/t12-/m0/s1. The van der Waals surface area contributed by atoms with Gasteiger partial charge in [0.05, 0.1) is 25.8 Å². The van der Waals surface area contributed by atoms with Crippen LogP contribution in [0.5, 0.6) is 11.5 Å². The molecule has 0 aliphatic heterocycles. The van der Waals surface area contributed by atoms with Crippen molar-refractivity contribution in [2.45, 2.75) is 13.0 Å². The molecule has 1 N–H and O–H groups in total. The maximum atomic E-state index is 13.1. The van der Waals surface area contributed by atoms with Gasteiger partial charge in [0.15, 0.2) is 6.61 Å². The molecule has 0 radical (unpaired) electrons. The first kappa shape index (κ1) is 19.2. The second-order valence-electron chi connectivity index (χ2n) is 5.48. The van der Waals surface area contributed by atoms with Gasteiger partial charge in [-0.2, -0.15) is 0 Å². The molecule has 138 valence electrons. The Hall–Kier alpha value is -3.09. The molecule has 2 rings (SSSR count). The van der Waals surface area contributed by atoms with Gasteiger partial charge in [-0.3, -0.25) is 4.79 Å². The molecule has 0 heterocycles. The fourth-order valence-electron chi connectivity index (χ4n) is 2.37. The zero-order valence-corrected chi connectivity index (χ0v) is 14.7. The van der Waals surface area contributed by atoms with Crippen molar-refractivity contribution in [3.8, 4) is 11.5 Å². The van der Waals surface area contributed by atoms with Crippen molar-refractivity contribution in [3.63, 3.8) is 0 Å². The average molecular weight is 361 g/mol. The van der Waals surface area contributed by atoms with Crippen LogP contribution in [0.15, 0.2) is 42.5 Å². The zero-order chi connectivity index (χ0) is 19.1. The predicted molar refractivity (Wildman–Crippen MR) is 92.8 cm³/mol. The normalized spacial score (nSPS) is 11.4. The minimum absolute atomic E-state index is 0.0420. The van der Waals surface area contributed by atoms with E-state index in [-0.39, 0.29) is 5.56 Å². The van der Waals surface area contributed by atoms with E-state index in [1.54, 1.807) is 32.2 Å². The van der Waals surface area contributed by atoms with Crippen molar-refractivity contribution in [1.82, 2.24) is 5.32 Å². The van der Waals surface area contributed by atoms with Crippen molar-refractivity contribution in [3.05, 3.63) is 59.4 Å². The van der Waals surface area contributed by atoms with Gasteiger partial charge in [0.2, 0.25) is 0 Å². The SMILES string of the molecule is COc1ccc(OC)c([C@H](C)NC(=O)COC(=O)c2cccc(F)c2)c1. The quantitative estimate of drug-likeness (QED) is 0.768. The molecular formula is C19H20FNO5. The van der Waals surface area contributed by atoms with E-state index in [0.717, 1.165) is 11.6 Å². The first-order valence-electron chi connectivity index (χ1n) is 7.88. The van der Waals surface area contributed by atoms with Crippen molar-refractivity contribution < 1.29 is 28.2 Å². The summed E-state index contributed by atoms with van der Waals surface area (Å²) in [7, 11) is 3.07. The van der Waals surface area contributed by atoms with Crippen LogP contribution in [-0.2, 0) is 9.53 Å². The highest BCUT2D eigenvalue weighted by atomic mass is 19.1. The van der Waals surface area contributed by atoms with E-state index in [9.17, 15) is 14.0 Å². The maximum Gasteiger partial charge on any atom is 0.338 e. The lowest BCUT2D eigenvalue weighted by molar-refractivity contribution is -0.124. The molecule has 0 aromatic heterocycles. The van der Waals surface area contributed by atoms with Crippen molar-refractivity contribution in [2.24, 2.45) is 0 Å². The summed E-state index contributed by atoms with van der Waals surface area (Å²) in [5.74, 6) is -0.601. The molecule has 26 heavy (non-hydrogen) atoms. The number of hydrogen-bond donors (Lipinski definition) is 1. The fourth-order valence-corrected chi connectivity index (χ4v) is 2.37. The molecule has 0 aliphatic rings. The molecule has 2 aromatic carbocycles. The molecule has 0 spiro atoms. The summed E-state index contributed by atoms with van der Waals surface area (Å²) in [6.07, 6.45) is 0. The number of carbonyl (C=O) groups excluding carboxylic acids is 2. The Balaban J connectivity index is 1.96. The van der Waals surface area contributed by atoms with Crippen molar-refractivity contribution >= 4 is 11.9 Å². The molecule has 0 unspecified atom stereocenters. The number of methoxy groups -OCH3 is 2. The van der Waals surface area contributed by atoms with E-state index in [4.69, 9.17) is 14.2 Å². The van der Waals surface area contributed by atoms with Crippen LogP contribution < -0.4 is 14.8 Å². The van der Waals surface area contributed by atoms with Crippen LogP contribution in [0.25, 0.3) is 0 Å². The number of esters is 1. The maximum absolute atomic E-state index is 13.1. The number of ether oxygens (including phenoxy) is 3. The predicted octanol–water partition coefficient (Wildman–Crippen LogP) is 2.88. The topological polar surface area (TPSA) is 73.9 Å². The summed E-state index contributed by atoms with van der Waals surface area (Å²) in [6.45, 7) is 1.29. The first-order valence-corrected chi connectivity index (χ1v) is 7.88. The van der Waals surface area contributed by atoms with Crippen LogP contribution in [0.1, 0.15) is 28.9 Å². The monoisotopic (exact) mass is 361 g/mol. The molecule has 1 amide bonds. The number of carbonyl (C=O) groups is 2. The third kappa shape index (κ3) is 4.95. The van der Waals surface area contributed by atoms with E-state index >= 15 is 0 Å². The van der Waals surface area contributed by atoms with Crippen LogP contribution in [0, 0.1) is 5.82 Å². The van der Waals surface area contributed by atoms with E-state index < -0.39 is 30.3 Å². The molecule has 0 bridgehead atoms. The highest BCUT2D eigenvalue weighted by Crippen LogP contribution is 2.29. The lowest BCUT2D eigenvalue weighted by atomic mass is 10.1. The van der Waals surface area contributed by atoms with Gasteiger partial charge in [-0.1, -0.05) is 6.07 Å². The Bertz CT molecular complexity index is 793. The average Bonchev–Trinajstić information content (AvgIpc) is 2.65. The van der Waals surface area contributed by atoms with Gasteiger partial charge < -0.3 is 19.5 Å². The largest absolute Gasteiger partial charge is 0.497 e. The molecule has 2 aromatic rings. The summed E-state index contributed by atoms with van der Waals surface area (Å²) >= 11 is 0. The summed E-state index contributed by atoms with van der Waals surface area (Å²) in [4.78, 5) is 23.9. The van der Waals surface area contributed by atoms with Crippen LogP contribution >= 0.6 is 0 Å². The van der Waals surface area contributed by atoms with Gasteiger partial charge >= 0.3 is 5.97 Å². The number of benzene rings is 2. The number of amides is 1. The van der Waals surface area contributed by atoms with Gasteiger partial charge in [-0.05, 0) is 43.3 Å². The number of hydrogen-bond acceptors (Lipinski definition) is 5. The number of halogens is 1. The van der Waals surface area contributed by atoms with Gasteiger partial charge in [0.1, 0.15) is 17.3 Å². The van der Waals surface area contributed by atoms with Crippen molar-refractivity contribution in [2.75, 3.05) is 20.8 Å². The van der Waals surface area contributed by atoms with E-state index in [2.05, 4.69) is 5.32 Å². The van der Waals surface area contributed by atoms with Gasteiger partial charge in [0, 0.05) is 5.56 Å². The minimum atomic E-state index is -0.772. The fraction of sp³-hybridized carbons (Fsp3) is 0.263. The third-order valence-electron chi connectivity index (χ3n) is 3.68. The van der Waals surface area contributed by atoms with Gasteiger partial charge in [-0.15, -0.1) is 0 Å². The number of rotatable bonds is 7. The lowest BCUT2D eigenvalue weighted by Crippen LogP contribution is -2.31. The van der Waals surface area contributed by atoms with Crippen LogP contribution in [0.4, 0.5) is 4.39 Å². The second kappa shape index (κ2) is 8.84. The summed E-state index contributed by atoms with van der Waals surface area (Å²) in [5, 5.41) is 2.71. The summed E-state index contributed by atoms with van der Waals surface area (Å²) < 4.78 is 28.5.